The van der Waals surface area contributed by atoms with E-state index in [1.807, 2.05) is 31.7 Å². The van der Waals surface area contributed by atoms with Crippen LogP contribution in [-0.2, 0) is 9.47 Å². The Morgan fingerprint density at radius 1 is 0.655 bits per heavy atom. The lowest BCUT2D eigenvalue weighted by Gasteiger charge is -2.37. The van der Waals surface area contributed by atoms with Gasteiger partial charge in [-0.15, -0.1) is 0 Å². The lowest BCUT2D eigenvalue weighted by atomic mass is 10.1. The molecule has 2 saturated heterocycles. The SMILES string of the molecule is CC(C)(C)OC(=O)N1CCNCC1.COc1cc(N2CCN(C(=O)OC(C)(C)C)CC2)c(C#N)c([N+](=O)[O-])c1.COc1cc([N+](=O)[O-])c(C#N)c([N+](=O)[O-])c1. The third kappa shape index (κ3) is 13.5. The molecule has 21 nitrogen and oxygen atoms in total. The summed E-state index contributed by atoms with van der Waals surface area (Å²) in [4.78, 5) is 58.9. The molecule has 0 radical (unpaired) electrons. The van der Waals surface area contributed by atoms with Crippen LogP contribution in [0.5, 0.6) is 11.5 Å². The molecule has 298 valence electrons. The van der Waals surface area contributed by atoms with E-state index in [1.165, 1.54) is 26.4 Å². The van der Waals surface area contributed by atoms with Crippen LogP contribution >= 0.6 is 0 Å². The number of nitrogens with zero attached hydrogens (tertiary/aromatic N) is 8. The lowest BCUT2D eigenvalue weighted by molar-refractivity contribution is -0.394. The number of nitrogens with one attached hydrogen (secondary N) is 1. The summed E-state index contributed by atoms with van der Waals surface area (Å²) in [6, 6.07) is 8.12. The second-order valence-electron chi connectivity index (χ2n) is 13.7. The van der Waals surface area contributed by atoms with Gasteiger partial charge in [-0.2, -0.15) is 10.5 Å². The molecule has 2 aliphatic rings. The van der Waals surface area contributed by atoms with Gasteiger partial charge in [0.2, 0.25) is 5.56 Å². The number of nitriles is 2. The van der Waals surface area contributed by atoms with Crippen molar-refractivity contribution < 1.29 is 43.3 Å². The molecule has 2 aliphatic heterocycles. The Bertz CT molecular complexity index is 1780. The Hall–Kier alpha value is -6.48. The fourth-order valence-electron chi connectivity index (χ4n) is 4.95. The van der Waals surface area contributed by atoms with Crippen LogP contribution in [0.25, 0.3) is 0 Å². The molecule has 0 saturated carbocycles. The zero-order valence-electron chi connectivity index (χ0n) is 31.9. The molecule has 2 aromatic rings. The molecule has 55 heavy (non-hydrogen) atoms. The molecule has 0 bridgehead atoms. The Balaban J connectivity index is 0.000000308. The highest BCUT2D eigenvalue weighted by molar-refractivity contribution is 5.72. The number of ether oxygens (including phenoxy) is 4. The van der Waals surface area contributed by atoms with E-state index in [9.17, 15) is 45.2 Å². The van der Waals surface area contributed by atoms with Crippen LogP contribution < -0.4 is 19.7 Å². The Labute approximate surface area is 317 Å². The average Bonchev–Trinajstić information content (AvgIpc) is 3.13. The number of carbonyl (C=O) groups is 2. The first-order chi connectivity index (χ1) is 25.7. The fourth-order valence-corrected chi connectivity index (χ4v) is 4.95. The largest absolute Gasteiger partial charge is 0.496 e. The van der Waals surface area contributed by atoms with Crippen molar-refractivity contribution in [2.24, 2.45) is 0 Å². The second-order valence-corrected chi connectivity index (χ2v) is 13.7. The minimum atomic E-state index is -0.867. The van der Waals surface area contributed by atoms with E-state index in [4.69, 9.17) is 19.5 Å². The third-order valence-electron chi connectivity index (χ3n) is 7.47. The summed E-state index contributed by atoms with van der Waals surface area (Å²) in [5.74, 6) is 0.262. The van der Waals surface area contributed by atoms with Crippen LogP contribution in [0.2, 0.25) is 0 Å². The Morgan fingerprint density at radius 3 is 1.36 bits per heavy atom. The van der Waals surface area contributed by atoms with E-state index in [0.717, 1.165) is 38.3 Å². The molecule has 2 heterocycles. The number of carbonyl (C=O) groups excluding carboxylic acids is 2. The van der Waals surface area contributed by atoms with Crippen LogP contribution in [0, 0.1) is 53.0 Å². The lowest BCUT2D eigenvalue weighted by Crippen LogP contribution is -2.50. The topological polar surface area (TPSA) is 270 Å². The van der Waals surface area contributed by atoms with Crippen molar-refractivity contribution in [3.05, 3.63) is 65.7 Å². The third-order valence-corrected chi connectivity index (χ3v) is 7.47. The predicted octanol–water partition coefficient (Wildman–Crippen LogP) is 4.74. The van der Waals surface area contributed by atoms with E-state index < -0.39 is 43.4 Å². The van der Waals surface area contributed by atoms with Crippen molar-refractivity contribution in [2.75, 3.05) is 71.5 Å². The first-order valence-electron chi connectivity index (χ1n) is 16.7. The van der Waals surface area contributed by atoms with Crippen molar-refractivity contribution >= 4 is 34.9 Å². The molecule has 0 spiro atoms. The van der Waals surface area contributed by atoms with Gasteiger partial charge in [-0.05, 0) is 41.5 Å². The highest BCUT2D eigenvalue weighted by atomic mass is 16.6. The standard InChI is InChI=1S/C17H22N4O5.C9H18N2O2.C8H5N3O5/c1-17(2,3)26-16(22)20-7-5-19(6-8-20)14-9-12(25-4)10-15(21(23)24)13(14)11-18;1-9(2,3)13-8(12)11-6-4-10-5-7-11;1-16-5-2-7(10(12)13)6(4-9)8(3-5)11(14)15/h9-10H,5-8H2,1-4H3;10H,4-7H2,1-3H3;2-3H,1H3. The summed E-state index contributed by atoms with van der Waals surface area (Å²) in [5, 5.41) is 53.7. The van der Waals surface area contributed by atoms with Gasteiger partial charge >= 0.3 is 12.2 Å². The van der Waals surface area contributed by atoms with Gasteiger partial charge < -0.3 is 39.0 Å². The highest BCUT2D eigenvalue weighted by Gasteiger charge is 2.30. The second kappa shape index (κ2) is 19.6. The maximum absolute atomic E-state index is 12.1. The summed E-state index contributed by atoms with van der Waals surface area (Å²) in [7, 11) is 2.63. The number of rotatable bonds is 6. The van der Waals surface area contributed by atoms with Crippen molar-refractivity contribution in [1.82, 2.24) is 15.1 Å². The summed E-state index contributed by atoms with van der Waals surface area (Å²) in [6.07, 6.45) is -0.594. The number of anilines is 1. The summed E-state index contributed by atoms with van der Waals surface area (Å²) in [6.45, 7) is 15.9. The molecular weight excluding hydrogens is 726 g/mol. The van der Waals surface area contributed by atoms with Gasteiger partial charge in [0.1, 0.15) is 34.8 Å². The number of hydrogen-bond donors (Lipinski definition) is 1. The monoisotopic (exact) mass is 771 g/mol. The van der Waals surface area contributed by atoms with Gasteiger partial charge in [0, 0.05) is 58.4 Å². The van der Waals surface area contributed by atoms with E-state index in [1.54, 1.807) is 36.6 Å². The number of hydrogen-bond acceptors (Lipinski definition) is 16. The zero-order valence-corrected chi connectivity index (χ0v) is 31.9. The van der Waals surface area contributed by atoms with E-state index in [0.29, 0.717) is 37.6 Å². The molecule has 2 amide bonds. The van der Waals surface area contributed by atoms with Crippen LogP contribution in [0.3, 0.4) is 0 Å². The molecule has 2 aromatic carbocycles. The Kier molecular flexibility index (Phi) is 15.9. The molecule has 0 unspecified atom stereocenters. The first-order valence-corrected chi connectivity index (χ1v) is 16.7. The van der Waals surface area contributed by atoms with Crippen LogP contribution in [-0.4, -0.2) is 115 Å². The summed E-state index contributed by atoms with van der Waals surface area (Å²) >= 11 is 0. The molecular formula is C34H45N9O12. The van der Waals surface area contributed by atoms with Crippen molar-refractivity contribution in [3.63, 3.8) is 0 Å². The maximum atomic E-state index is 12.1. The summed E-state index contributed by atoms with van der Waals surface area (Å²) in [5.41, 5.74) is -2.71. The highest BCUT2D eigenvalue weighted by Crippen LogP contribution is 2.35. The molecule has 0 atom stereocenters. The van der Waals surface area contributed by atoms with Crippen molar-refractivity contribution in [3.8, 4) is 23.6 Å². The van der Waals surface area contributed by atoms with E-state index in [2.05, 4.69) is 10.1 Å². The smallest absolute Gasteiger partial charge is 0.410 e. The van der Waals surface area contributed by atoms with Crippen molar-refractivity contribution in [2.45, 2.75) is 52.7 Å². The number of nitro benzene ring substituents is 3. The molecule has 0 aliphatic carbocycles. The van der Waals surface area contributed by atoms with Crippen LogP contribution in [0.4, 0.5) is 32.3 Å². The van der Waals surface area contributed by atoms with Gasteiger partial charge in [0.15, 0.2) is 5.56 Å². The molecule has 1 N–H and O–H groups in total. The minimum absolute atomic E-state index is 0.0125. The summed E-state index contributed by atoms with van der Waals surface area (Å²) < 4.78 is 20.4. The first kappa shape index (κ1) is 44.7. The van der Waals surface area contributed by atoms with Crippen LogP contribution in [0.1, 0.15) is 52.7 Å². The van der Waals surface area contributed by atoms with E-state index in [-0.39, 0.29) is 28.7 Å². The van der Waals surface area contributed by atoms with Gasteiger partial charge in [-0.1, -0.05) is 0 Å². The van der Waals surface area contributed by atoms with Gasteiger partial charge in [-0.3, -0.25) is 30.3 Å². The normalized spacial score (nSPS) is 14.0. The zero-order chi connectivity index (χ0) is 41.7. The number of nitro groups is 3. The Morgan fingerprint density at radius 2 is 1.02 bits per heavy atom. The molecule has 2 fully saturated rings. The average molecular weight is 772 g/mol. The quantitative estimate of drug-likeness (QED) is 0.307. The van der Waals surface area contributed by atoms with Gasteiger partial charge in [0.25, 0.3) is 17.1 Å². The number of amides is 2. The molecule has 4 rings (SSSR count). The number of piperazine rings is 2. The fraction of sp³-hybridized carbons (Fsp3) is 0.529. The van der Waals surface area contributed by atoms with Gasteiger partial charge in [0.05, 0.1) is 52.9 Å². The van der Waals surface area contributed by atoms with Crippen LogP contribution in [0.15, 0.2) is 24.3 Å². The minimum Gasteiger partial charge on any atom is -0.496 e. The van der Waals surface area contributed by atoms with E-state index >= 15 is 0 Å². The number of benzene rings is 2. The maximum Gasteiger partial charge on any atom is 0.410 e. The predicted molar refractivity (Wildman–Crippen MR) is 196 cm³/mol. The van der Waals surface area contributed by atoms with Crippen molar-refractivity contribution in [1.29, 1.82) is 10.5 Å². The molecule has 21 heteroatoms. The molecule has 0 aromatic heterocycles. The van der Waals surface area contributed by atoms with Gasteiger partial charge in [-0.25, -0.2) is 9.59 Å². The number of methoxy groups -OCH3 is 2.